The third-order valence-electron chi connectivity index (χ3n) is 5.57. The minimum atomic E-state index is -0.579. The standard InChI is InChI=1S/C22H24N4O3/c1-15(25-11-10-16-6-2-3-7-17(16)13-25)12-23-20(27)14-26-21(28)18-8-4-5-9-19(18)24-22(26)29/h2-9,15H,10-14H2,1H3,(H,23,27)(H,24,29). The predicted molar refractivity (Wildman–Crippen MR) is 112 cm³/mol. The average molecular weight is 392 g/mol. The molecule has 29 heavy (non-hydrogen) atoms. The third-order valence-corrected chi connectivity index (χ3v) is 5.57. The van der Waals surface area contributed by atoms with E-state index in [1.807, 2.05) is 6.07 Å². The largest absolute Gasteiger partial charge is 0.353 e. The van der Waals surface area contributed by atoms with Gasteiger partial charge in [-0.25, -0.2) is 4.79 Å². The second-order valence-corrected chi connectivity index (χ2v) is 7.51. The third kappa shape index (κ3) is 4.00. The predicted octanol–water partition coefficient (Wildman–Crippen LogP) is 1.25. The number of nitrogens with zero attached hydrogens (tertiary/aromatic N) is 2. The van der Waals surface area contributed by atoms with E-state index in [0.717, 1.165) is 24.1 Å². The van der Waals surface area contributed by atoms with Gasteiger partial charge in [-0.15, -0.1) is 0 Å². The van der Waals surface area contributed by atoms with Gasteiger partial charge in [0, 0.05) is 25.7 Å². The number of carbonyl (C=O) groups excluding carboxylic acids is 1. The van der Waals surface area contributed by atoms with Crippen LogP contribution in [-0.2, 0) is 24.3 Å². The highest BCUT2D eigenvalue weighted by Gasteiger charge is 2.21. The van der Waals surface area contributed by atoms with Crippen LogP contribution >= 0.6 is 0 Å². The molecular formula is C22H24N4O3. The van der Waals surface area contributed by atoms with Crippen LogP contribution in [0.25, 0.3) is 10.9 Å². The molecule has 0 spiro atoms. The minimum absolute atomic E-state index is 0.152. The van der Waals surface area contributed by atoms with Crippen molar-refractivity contribution in [1.82, 2.24) is 19.8 Å². The number of amides is 1. The number of hydrogen-bond donors (Lipinski definition) is 2. The van der Waals surface area contributed by atoms with Crippen molar-refractivity contribution in [3.05, 3.63) is 80.5 Å². The number of H-pyrrole nitrogens is 1. The number of benzene rings is 2. The SMILES string of the molecule is CC(CNC(=O)Cn1c(=O)[nH]c2ccccc2c1=O)N1CCc2ccccc2C1. The van der Waals surface area contributed by atoms with Crippen molar-refractivity contribution in [1.29, 1.82) is 0 Å². The molecule has 1 aromatic heterocycles. The van der Waals surface area contributed by atoms with E-state index in [9.17, 15) is 14.4 Å². The Morgan fingerprint density at radius 3 is 2.66 bits per heavy atom. The van der Waals surface area contributed by atoms with Crippen LogP contribution in [0.3, 0.4) is 0 Å². The second-order valence-electron chi connectivity index (χ2n) is 7.51. The van der Waals surface area contributed by atoms with Gasteiger partial charge >= 0.3 is 5.69 Å². The van der Waals surface area contributed by atoms with E-state index in [-0.39, 0.29) is 18.5 Å². The van der Waals surface area contributed by atoms with Gasteiger partial charge in [0.25, 0.3) is 5.56 Å². The van der Waals surface area contributed by atoms with Crippen LogP contribution < -0.4 is 16.6 Å². The van der Waals surface area contributed by atoms with Crippen molar-refractivity contribution in [3.63, 3.8) is 0 Å². The van der Waals surface area contributed by atoms with Crippen LogP contribution in [0.4, 0.5) is 0 Å². The maximum absolute atomic E-state index is 12.5. The van der Waals surface area contributed by atoms with E-state index in [1.165, 1.54) is 11.1 Å². The van der Waals surface area contributed by atoms with Gasteiger partial charge in [-0.05, 0) is 36.6 Å². The topological polar surface area (TPSA) is 87.2 Å². The molecule has 3 aromatic rings. The zero-order valence-electron chi connectivity index (χ0n) is 16.4. The van der Waals surface area contributed by atoms with Gasteiger partial charge < -0.3 is 10.3 Å². The van der Waals surface area contributed by atoms with E-state index in [4.69, 9.17) is 0 Å². The number of aromatic nitrogens is 2. The Bertz CT molecular complexity index is 1160. The van der Waals surface area contributed by atoms with Gasteiger partial charge in [-0.3, -0.25) is 19.1 Å². The van der Waals surface area contributed by atoms with Gasteiger partial charge in [0.2, 0.25) is 5.91 Å². The molecule has 2 aromatic carbocycles. The quantitative estimate of drug-likeness (QED) is 0.684. The number of nitrogens with one attached hydrogen (secondary N) is 2. The minimum Gasteiger partial charge on any atom is -0.353 e. The Balaban J connectivity index is 1.39. The van der Waals surface area contributed by atoms with Crippen molar-refractivity contribution in [2.45, 2.75) is 32.5 Å². The molecule has 0 fully saturated rings. The number of hydrogen-bond acceptors (Lipinski definition) is 4. The zero-order valence-corrected chi connectivity index (χ0v) is 16.4. The lowest BCUT2D eigenvalue weighted by Crippen LogP contribution is -2.46. The van der Waals surface area contributed by atoms with E-state index in [2.05, 4.69) is 40.3 Å². The lowest BCUT2D eigenvalue weighted by Gasteiger charge is -2.33. The van der Waals surface area contributed by atoms with Crippen molar-refractivity contribution in [3.8, 4) is 0 Å². The fraction of sp³-hybridized carbons (Fsp3) is 0.318. The van der Waals surface area contributed by atoms with Crippen LogP contribution in [0.5, 0.6) is 0 Å². The number of carbonyl (C=O) groups is 1. The average Bonchev–Trinajstić information content (AvgIpc) is 2.74. The summed E-state index contributed by atoms with van der Waals surface area (Å²) in [6, 6.07) is 15.4. The molecule has 1 unspecified atom stereocenters. The van der Waals surface area contributed by atoms with E-state index in [1.54, 1.807) is 24.3 Å². The monoisotopic (exact) mass is 392 g/mol. The van der Waals surface area contributed by atoms with Crippen LogP contribution in [0.15, 0.2) is 58.1 Å². The first kappa shape index (κ1) is 19.1. The number of aromatic amines is 1. The molecule has 0 aliphatic carbocycles. The van der Waals surface area contributed by atoms with Gasteiger partial charge in [0.1, 0.15) is 6.54 Å². The summed E-state index contributed by atoms with van der Waals surface area (Å²) >= 11 is 0. The van der Waals surface area contributed by atoms with Crippen LogP contribution in [0.1, 0.15) is 18.1 Å². The number of para-hydroxylation sites is 1. The Morgan fingerprint density at radius 1 is 1.10 bits per heavy atom. The normalized spacial score (nSPS) is 15.1. The highest BCUT2D eigenvalue weighted by atomic mass is 16.2. The van der Waals surface area contributed by atoms with Gasteiger partial charge in [0.05, 0.1) is 10.9 Å². The lowest BCUT2D eigenvalue weighted by molar-refractivity contribution is -0.122. The first-order valence-corrected chi connectivity index (χ1v) is 9.82. The van der Waals surface area contributed by atoms with E-state index < -0.39 is 11.2 Å². The first-order chi connectivity index (χ1) is 14.0. The molecule has 150 valence electrons. The highest BCUT2D eigenvalue weighted by Crippen LogP contribution is 2.19. The number of fused-ring (bicyclic) bond motifs is 2. The molecule has 1 aliphatic rings. The van der Waals surface area contributed by atoms with Crippen molar-refractivity contribution in [2.75, 3.05) is 13.1 Å². The molecule has 1 atom stereocenters. The zero-order chi connectivity index (χ0) is 20.4. The number of rotatable bonds is 5. The Morgan fingerprint density at radius 2 is 1.83 bits per heavy atom. The molecule has 0 saturated carbocycles. The molecule has 0 radical (unpaired) electrons. The van der Waals surface area contributed by atoms with E-state index >= 15 is 0 Å². The molecule has 1 amide bonds. The Hall–Kier alpha value is -3.19. The maximum atomic E-state index is 12.5. The van der Waals surface area contributed by atoms with Crippen molar-refractivity contribution in [2.24, 2.45) is 0 Å². The Labute approximate surface area is 168 Å². The highest BCUT2D eigenvalue weighted by molar-refractivity contribution is 5.78. The first-order valence-electron chi connectivity index (χ1n) is 9.82. The van der Waals surface area contributed by atoms with Crippen molar-refractivity contribution >= 4 is 16.8 Å². The van der Waals surface area contributed by atoms with Crippen LogP contribution in [-0.4, -0.2) is 39.5 Å². The Kier molecular flexibility index (Phi) is 5.31. The molecule has 7 heteroatoms. The second kappa shape index (κ2) is 8.05. The molecule has 1 aliphatic heterocycles. The molecule has 2 N–H and O–H groups in total. The van der Waals surface area contributed by atoms with Crippen LogP contribution in [0.2, 0.25) is 0 Å². The van der Waals surface area contributed by atoms with Gasteiger partial charge in [0.15, 0.2) is 0 Å². The fourth-order valence-electron chi connectivity index (χ4n) is 3.83. The molecule has 4 rings (SSSR count). The van der Waals surface area contributed by atoms with Crippen LogP contribution in [0, 0.1) is 0 Å². The summed E-state index contributed by atoms with van der Waals surface area (Å²) in [5.41, 5.74) is 2.14. The summed E-state index contributed by atoms with van der Waals surface area (Å²) in [6.45, 7) is 4.04. The smallest absolute Gasteiger partial charge is 0.329 e. The summed E-state index contributed by atoms with van der Waals surface area (Å²) in [4.78, 5) is 42.1. The molecular weight excluding hydrogens is 368 g/mol. The van der Waals surface area contributed by atoms with Crippen molar-refractivity contribution < 1.29 is 4.79 Å². The van der Waals surface area contributed by atoms with Gasteiger partial charge in [-0.2, -0.15) is 0 Å². The summed E-state index contributed by atoms with van der Waals surface area (Å²) < 4.78 is 0.944. The summed E-state index contributed by atoms with van der Waals surface area (Å²) in [5, 5.41) is 3.25. The molecule has 7 nitrogen and oxygen atoms in total. The lowest BCUT2D eigenvalue weighted by atomic mass is 9.99. The fourth-order valence-corrected chi connectivity index (χ4v) is 3.83. The molecule has 0 bridgehead atoms. The maximum Gasteiger partial charge on any atom is 0.329 e. The summed E-state index contributed by atoms with van der Waals surface area (Å²) in [6.07, 6.45) is 0.996. The molecule has 2 heterocycles. The molecule has 0 saturated heterocycles. The van der Waals surface area contributed by atoms with Gasteiger partial charge in [-0.1, -0.05) is 36.4 Å². The van der Waals surface area contributed by atoms with E-state index in [0.29, 0.717) is 17.4 Å². The summed E-state index contributed by atoms with van der Waals surface area (Å²) in [5.74, 6) is -0.350. The summed E-state index contributed by atoms with van der Waals surface area (Å²) in [7, 11) is 0.